The molecule has 28 heavy (non-hydrogen) atoms. The molecule has 0 amide bonds. The van der Waals surface area contributed by atoms with Gasteiger partial charge in [0, 0.05) is 11.8 Å². The average molecular weight is 369 g/mol. The van der Waals surface area contributed by atoms with Gasteiger partial charge in [-0.05, 0) is 36.8 Å². The summed E-state index contributed by atoms with van der Waals surface area (Å²) in [5.41, 5.74) is 4.10. The monoisotopic (exact) mass is 369 g/mol. The van der Waals surface area contributed by atoms with Gasteiger partial charge in [-0.1, -0.05) is 54.6 Å². The number of carbonyl (C=O) groups excluding carboxylic acids is 1. The lowest BCUT2D eigenvalue weighted by Gasteiger charge is -2.09. The second kappa shape index (κ2) is 7.88. The Balaban J connectivity index is 2.05. The van der Waals surface area contributed by atoms with Crippen LogP contribution in [-0.2, 0) is 4.74 Å². The first-order valence-corrected chi connectivity index (χ1v) is 9.12. The van der Waals surface area contributed by atoms with E-state index in [0.717, 1.165) is 11.3 Å². The first kappa shape index (κ1) is 17.7. The Labute approximate surface area is 163 Å². The molecule has 2 aromatic carbocycles. The lowest BCUT2D eigenvalue weighted by Crippen LogP contribution is -2.13. The van der Waals surface area contributed by atoms with E-state index >= 15 is 0 Å². The molecule has 0 aliphatic heterocycles. The Bertz CT molecular complexity index is 1080. The van der Waals surface area contributed by atoms with Gasteiger partial charge in [0.2, 0.25) is 0 Å². The van der Waals surface area contributed by atoms with Crippen LogP contribution >= 0.6 is 0 Å². The highest BCUT2D eigenvalue weighted by molar-refractivity contribution is 6.00. The summed E-state index contributed by atoms with van der Waals surface area (Å²) >= 11 is 0. The largest absolute Gasteiger partial charge is 0.461 e. The Kier molecular flexibility index (Phi) is 4.97. The molecular formula is C23H19N3O2. The first-order valence-electron chi connectivity index (χ1n) is 9.12. The van der Waals surface area contributed by atoms with Crippen LogP contribution in [0, 0.1) is 0 Å². The van der Waals surface area contributed by atoms with Crippen LogP contribution in [0.25, 0.3) is 28.2 Å². The van der Waals surface area contributed by atoms with Crippen molar-refractivity contribution in [3.63, 3.8) is 0 Å². The van der Waals surface area contributed by atoms with Crippen molar-refractivity contribution < 1.29 is 9.53 Å². The van der Waals surface area contributed by atoms with Crippen LogP contribution in [0.4, 0.5) is 0 Å². The Morgan fingerprint density at radius 2 is 1.61 bits per heavy atom. The van der Waals surface area contributed by atoms with Crippen LogP contribution in [0.15, 0.2) is 85.1 Å². The van der Waals surface area contributed by atoms with E-state index < -0.39 is 5.97 Å². The van der Waals surface area contributed by atoms with E-state index in [1.807, 2.05) is 78.9 Å². The lowest BCUT2D eigenvalue weighted by atomic mass is 10.0. The number of hydrogen-bond donors (Lipinski definition) is 0. The molecule has 2 aromatic heterocycles. The summed E-state index contributed by atoms with van der Waals surface area (Å²) in [6.07, 6.45) is 1.72. The molecule has 0 aliphatic rings. The third-order valence-electron chi connectivity index (χ3n) is 4.32. The minimum Gasteiger partial charge on any atom is -0.461 e. The highest BCUT2D eigenvalue weighted by Crippen LogP contribution is 2.35. The number of pyridine rings is 1. The maximum atomic E-state index is 13.0. The van der Waals surface area contributed by atoms with E-state index in [2.05, 4.69) is 4.98 Å². The number of esters is 1. The number of ether oxygens (including phenoxy) is 1. The lowest BCUT2D eigenvalue weighted by molar-refractivity contribution is 0.0516. The van der Waals surface area contributed by atoms with E-state index in [9.17, 15) is 4.79 Å². The summed E-state index contributed by atoms with van der Waals surface area (Å²) in [5.74, 6) is -0.417. The fraction of sp³-hybridized carbons (Fsp3) is 0.0870. The maximum Gasteiger partial charge on any atom is 0.357 e. The van der Waals surface area contributed by atoms with Gasteiger partial charge >= 0.3 is 5.97 Å². The Morgan fingerprint density at radius 1 is 0.929 bits per heavy atom. The topological polar surface area (TPSA) is 57.0 Å². The molecule has 138 valence electrons. The molecule has 0 fully saturated rings. The van der Waals surface area contributed by atoms with Crippen LogP contribution < -0.4 is 0 Å². The highest BCUT2D eigenvalue weighted by Gasteiger charge is 2.27. The van der Waals surface area contributed by atoms with Crippen LogP contribution in [-0.4, -0.2) is 27.3 Å². The molecule has 4 rings (SSSR count). The number of para-hydroxylation sites is 1. The number of hydrogen-bond acceptors (Lipinski definition) is 4. The third-order valence-corrected chi connectivity index (χ3v) is 4.32. The Hall–Kier alpha value is -3.73. The van der Waals surface area contributed by atoms with Crippen molar-refractivity contribution in [1.29, 1.82) is 0 Å². The number of rotatable bonds is 5. The molecule has 2 heterocycles. The number of benzene rings is 2. The summed E-state index contributed by atoms with van der Waals surface area (Å²) < 4.78 is 7.02. The normalized spacial score (nSPS) is 10.6. The van der Waals surface area contributed by atoms with Crippen molar-refractivity contribution in [3.05, 3.63) is 90.8 Å². The quantitative estimate of drug-likeness (QED) is 0.475. The van der Waals surface area contributed by atoms with E-state index in [0.29, 0.717) is 22.6 Å². The average Bonchev–Trinajstić information content (AvgIpc) is 3.17. The molecule has 0 N–H and O–H groups in total. The zero-order valence-electron chi connectivity index (χ0n) is 15.4. The zero-order valence-corrected chi connectivity index (χ0v) is 15.4. The molecule has 0 bridgehead atoms. The van der Waals surface area contributed by atoms with Crippen molar-refractivity contribution in [1.82, 2.24) is 14.8 Å². The first-order chi connectivity index (χ1) is 13.8. The zero-order chi connectivity index (χ0) is 19.3. The fourth-order valence-electron chi connectivity index (χ4n) is 3.12. The second-order valence-electron chi connectivity index (χ2n) is 6.12. The number of nitrogens with zero attached hydrogens (tertiary/aromatic N) is 3. The summed E-state index contributed by atoms with van der Waals surface area (Å²) in [6, 6.07) is 24.9. The van der Waals surface area contributed by atoms with Crippen LogP contribution in [0.2, 0.25) is 0 Å². The third kappa shape index (κ3) is 3.30. The van der Waals surface area contributed by atoms with Crippen LogP contribution in [0.1, 0.15) is 17.4 Å². The summed E-state index contributed by atoms with van der Waals surface area (Å²) in [7, 11) is 0. The summed E-state index contributed by atoms with van der Waals surface area (Å²) in [6.45, 7) is 2.08. The summed E-state index contributed by atoms with van der Waals surface area (Å²) in [5, 5.41) is 4.78. The summed E-state index contributed by atoms with van der Waals surface area (Å²) in [4.78, 5) is 17.4. The second-order valence-corrected chi connectivity index (χ2v) is 6.12. The van der Waals surface area contributed by atoms with Crippen molar-refractivity contribution in [2.45, 2.75) is 6.92 Å². The maximum absolute atomic E-state index is 13.0. The van der Waals surface area contributed by atoms with E-state index in [1.54, 1.807) is 17.8 Å². The number of carbonyl (C=O) groups is 1. The minimum absolute atomic E-state index is 0.284. The smallest absolute Gasteiger partial charge is 0.357 e. The molecule has 0 atom stereocenters. The van der Waals surface area contributed by atoms with Gasteiger partial charge in [-0.15, -0.1) is 0 Å². The molecule has 4 aromatic rings. The van der Waals surface area contributed by atoms with E-state index in [4.69, 9.17) is 9.84 Å². The predicted molar refractivity (Wildman–Crippen MR) is 108 cm³/mol. The van der Waals surface area contributed by atoms with Crippen LogP contribution in [0.5, 0.6) is 0 Å². The van der Waals surface area contributed by atoms with Crippen LogP contribution in [0.3, 0.4) is 0 Å². The fourth-order valence-corrected chi connectivity index (χ4v) is 3.12. The van der Waals surface area contributed by atoms with Crippen molar-refractivity contribution in [3.8, 4) is 28.2 Å². The molecule has 5 heteroatoms. The molecule has 0 saturated carbocycles. The van der Waals surface area contributed by atoms with Gasteiger partial charge in [0.05, 0.1) is 18.0 Å². The Morgan fingerprint density at radius 3 is 2.25 bits per heavy atom. The SMILES string of the molecule is CCOC(=O)c1c(-c2ccccc2)c(-c2ccccn2)nn1-c1ccccc1. The predicted octanol–water partition coefficient (Wildman–Crippen LogP) is 4.78. The van der Waals surface area contributed by atoms with Gasteiger partial charge in [0.15, 0.2) is 5.69 Å². The van der Waals surface area contributed by atoms with Gasteiger partial charge in [-0.2, -0.15) is 5.10 Å². The van der Waals surface area contributed by atoms with Gasteiger partial charge in [-0.3, -0.25) is 4.98 Å². The van der Waals surface area contributed by atoms with Crippen molar-refractivity contribution >= 4 is 5.97 Å². The molecular weight excluding hydrogens is 350 g/mol. The number of aromatic nitrogens is 3. The molecule has 0 aliphatic carbocycles. The van der Waals surface area contributed by atoms with E-state index in [-0.39, 0.29) is 6.61 Å². The molecule has 0 unspecified atom stereocenters. The van der Waals surface area contributed by atoms with Gasteiger partial charge in [0.1, 0.15) is 5.69 Å². The molecule has 0 spiro atoms. The van der Waals surface area contributed by atoms with Gasteiger partial charge in [0.25, 0.3) is 0 Å². The highest BCUT2D eigenvalue weighted by atomic mass is 16.5. The molecule has 0 saturated heterocycles. The minimum atomic E-state index is -0.417. The standard InChI is InChI=1S/C23H19N3O2/c1-2-28-23(27)22-20(17-11-5-3-6-12-17)21(19-15-9-10-16-24-19)25-26(22)18-13-7-4-8-14-18/h3-16H,2H2,1H3. The van der Waals surface area contributed by atoms with Crippen molar-refractivity contribution in [2.75, 3.05) is 6.61 Å². The van der Waals surface area contributed by atoms with Crippen molar-refractivity contribution in [2.24, 2.45) is 0 Å². The van der Waals surface area contributed by atoms with Gasteiger partial charge in [-0.25, -0.2) is 9.48 Å². The molecule has 5 nitrogen and oxygen atoms in total. The van der Waals surface area contributed by atoms with E-state index in [1.165, 1.54) is 0 Å². The molecule has 0 radical (unpaired) electrons. The van der Waals surface area contributed by atoms with Gasteiger partial charge < -0.3 is 4.74 Å².